The molecule has 0 aliphatic rings. The summed E-state index contributed by atoms with van der Waals surface area (Å²) in [7, 11) is -3.87. The van der Waals surface area contributed by atoms with Crippen LogP contribution in [0.2, 0.25) is 0 Å². The summed E-state index contributed by atoms with van der Waals surface area (Å²) in [5.74, 6) is -0.0830. The van der Waals surface area contributed by atoms with Crippen LogP contribution >= 0.6 is 0 Å². The number of aromatic hydroxyl groups is 1. The van der Waals surface area contributed by atoms with E-state index in [1.807, 2.05) is 48.5 Å². The molecule has 8 heteroatoms. The first kappa shape index (κ1) is 28.1. The Kier molecular flexibility index (Phi) is 8.23. The number of sulfonamides is 1. The van der Waals surface area contributed by atoms with Gasteiger partial charge < -0.3 is 10.1 Å². The summed E-state index contributed by atoms with van der Waals surface area (Å²) in [5.41, 5.74) is 4.74. The smallest absolute Gasteiger partial charge is 0.261 e. The number of rotatable bonds is 10. The SMILES string of the molecule is CCN(Cc1ccc(N=C(c2ccccc2)c2c(O)[nH]c3ccc(S(=O)(=O)Nc4ccccc4)cc23)cc1)C(C)C. The first-order chi connectivity index (χ1) is 19.7. The minimum absolute atomic E-state index is 0.0801. The summed E-state index contributed by atoms with van der Waals surface area (Å²) in [6.45, 7) is 8.36. The maximum atomic E-state index is 13.2. The highest BCUT2D eigenvalue weighted by molar-refractivity contribution is 7.92. The number of benzene rings is 4. The number of nitrogens with one attached hydrogen (secondary N) is 2. The average Bonchev–Trinajstić information content (AvgIpc) is 3.30. The van der Waals surface area contributed by atoms with Crippen molar-refractivity contribution in [3.05, 3.63) is 120 Å². The van der Waals surface area contributed by atoms with Crippen LogP contribution in [0, 0.1) is 0 Å². The fraction of sp³-hybridized carbons (Fsp3) is 0.182. The van der Waals surface area contributed by atoms with Crippen molar-refractivity contribution < 1.29 is 13.5 Å². The number of anilines is 1. The average molecular weight is 567 g/mol. The second-order valence-electron chi connectivity index (χ2n) is 10.2. The minimum atomic E-state index is -3.87. The van der Waals surface area contributed by atoms with Crippen molar-refractivity contribution in [2.45, 2.75) is 38.3 Å². The lowest BCUT2D eigenvalue weighted by molar-refractivity contribution is 0.225. The molecule has 0 aliphatic carbocycles. The quantitative estimate of drug-likeness (QED) is 0.157. The van der Waals surface area contributed by atoms with Crippen LogP contribution in [0.1, 0.15) is 37.5 Å². The fourth-order valence-electron chi connectivity index (χ4n) is 4.84. The molecule has 7 nitrogen and oxygen atoms in total. The summed E-state index contributed by atoms with van der Waals surface area (Å²) in [5, 5.41) is 11.6. The topological polar surface area (TPSA) is 97.8 Å². The number of H-pyrrole nitrogens is 1. The van der Waals surface area contributed by atoms with E-state index in [-0.39, 0.29) is 10.8 Å². The normalized spacial score (nSPS) is 12.4. The number of aromatic nitrogens is 1. The van der Waals surface area contributed by atoms with Crippen LogP contribution in [-0.2, 0) is 16.6 Å². The van der Waals surface area contributed by atoms with Gasteiger partial charge in [-0.05, 0) is 68.4 Å². The van der Waals surface area contributed by atoms with Crippen LogP contribution in [-0.4, -0.2) is 41.7 Å². The second-order valence-corrected chi connectivity index (χ2v) is 11.9. The van der Waals surface area contributed by atoms with Gasteiger partial charge in [0, 0.05) is 34.7 Å². The van der Waals surface area contributed by atoms with Gasteiger partial charge in [-0.3, -0.25) is 9.62 Å². The Morgan fingerprint density at radius 2 is 1.59 bits per heavy atom. The number of fused-ring (bicyclic) bond motifs is 1. The molecule has 0 atom stereocenters. The van der Waals surface area contributed by atoms with Crippen molar-refractivity contribution in [2.24, 2.45) is 4.99 Å². The van der Waals surface area contributed by atoms with Crippen molar-refractivity contribution in [3.63, 3.8) is 0 Å². The predicted molar refractivity (Wildman–Crippen MR) is 167 cm³/mol. The number of hydrogen-bond acceptors (Lipinski definition) is 5. The Morgan fingerprint density at radius 3 is 2.22 bits per heavy atom. The second kappa shape index (κ2) is 12.0. The zero-order valence-corrected chi connectivity index (χ0v) is 24.2. The molecule has 41 heavy (non-hydrogen) atoms. The third-order valence-corrected chi connectivity index (χ3v) is 8.45. The van der Waals surface area contributed by atoms with Gasteiger partial charge in [0.2, 0.25) is 0 Å². The molecular formula is C33H34N4O3S. The predicted octanol–water partition coefficient (Wildman–Crippen LogP) is 7.07. The van der Waals surface area contributed by atoms with Gasteiger partial charge >= 0.3 is 0 Å². The molecule has 0 aliphatic heterocycles. The number of nitrogens with zero attached hydrogens (tertiary/aromatic N) is 2. The maximum Gasteiger partial charge on any atom is 0.261 e. The van der Waals surface area contributed by atoms with Gasteiger partial charge in [0.25, 0.3) is 10.0 Å². The largest absolute Gasteiger partial charge is 0.494 e. The van der Waals surface area contributed by atoms with E-state index in [1.165, 1.54) is 11.6 Å². The Hall–Kier alpha value is -4.40. The Balaban J connectivity index is 1.58. The molecule has 0 unspecified atom stereocenters. The summed E-state index contributed by atoms with van der Waals surface area (Å²) in [6.07, 6.45) is 0. The van der Waals surface area contributed by atoms with Crippen molar-refractivity contribution >= 4 is 38.0 Å². The molecule has 5 aromatic rings. The molecule has 0 saturated carbocycles. The van der Waals surface area contributed by atoms with Crippen LogP contribution in [0.15, 0.2) is 113 Å². The van der Waals surface area contributed by atoms with E-state index >= 15 is 0 Å². The summed E-state index contributed by atoms with van der Waals surface area (Å²) in [4.78, 5) is 10.4. The van der Waals surface area contributed by atoms with Gasteiger partial charge in [-0.2, -0.15) is 0 Å². The Bertz CT molecular complexity index is 1760. The van der Waals surface area contributed by atoms with Crippen molar-refractivity contribution in [1.29, 1.82) is 0 Å². The highest BCUT2D eigenvalue weighted by atomic mass is 32.2. The maximum absolute atomic E-state index is 13.2. The molecule has 1 aromatic heterocycles. The van der Waals surface area contributed by atoms with Crippen LogP contribution in [0.25, 0.3) is 10.9 Å². The van der Waals surface area contributed by atoms with Crippen LogP contribution < -0.4 is 4.72 Å². The Labute approximate surface area is 241 Å². The molecule has 210 valence electrons. The standard InChI is InChI=1S/C33H34N4O3S/c1-4-37(23(2)3)22-24-15-17-26(18-16-24)34-32(25-11-7-5-8-12-25)31-29-21-28(19-20-30(29)35-33(31)38)41(39,40)36-27-13-9-6-10-14-27/h5-21,23,35-36,38H,4,22H2,1-3H3. The number of hydrogen-bond donors (Lipinski definition) is 3. The van der Waals surface area contributed by atoms with Crippen molar-refractivity contribution in [2.75, 3.05) is 11.3 Å². The summed E-state index contributed by atoms with van der Waals surface area (Å²) >= 11 is 0. The third-order valence-electron chi connectivity index (χ3n) is 7.07. The fourth-order valence-corrected chi connectivity index (χ4v) is 5.93. The number of aromatic amines is 1. The van der Waals surface area contributed by atoms with E-state index in [9.17, 15) is 13.5 Å². The van der Waals surface area contributed by atoms with E-state index in [2.05, 4.69) is 47.5 Å². The lowest BCUT2D eigenvalue weighted by Gasteiger charge is -2.24. The van der Waals surface area contributed by atoms with E-state index in [4.69, 9.17) is 4.99 Å². The first-order valence-electron chi connectivity index (χ1n) is 13.6. The summed E-state index contributed by atoms with van der Waals surface area (Å²) in [6, 6.07) is 31.6. The molecule has 4 aromatic carbocycles. The number of para-hydroxylation sites is 1. The lowest BCUT2D eigenvalue weighted by atomic mass is 10.0. The van der Waals surface area contributed by atoms with Crippen LogP contribution in [0.3, 0.4) is 0 Å². The van der Waals surface area contributed by atoms with Gasteiger partial charge in [0.15, 0.2) is 5.88 Å². The highest BCUT2D eigenvalue weighted by Crippen LogP contribution is 2.33. The molecule has 0 saturated heterocycles. The van der Waals surface area contributed by atoms with Gasteiger partial charge in [0.05, 0.1) is 21.9 Å². The lowest BCUT2D eigenvalue weighted by Crippen LogP contribution is -2.29. The molecular weight excluding hydrogens is 532 g/mol. The van der Waals surface area contributed by atoms with E-state index < -0.39 is 10.0 Å². The van der Waals surface area contributed by atoms with Gasteiger partial charge in [-0.1, -0.05) is 67.6 Å². The molecule has 5 rings (SSSR count). The first-order valence-corrected chi connectivity index (χ1v) is 15.1. The Morgan fingerprint density at radius 1 is 0.927 bits per heavy atom. The van der Waals surface area contributed by atoms with Gasteiger partial charge in [-0.15, -0.1) is 0 Å². The molecule has 0 fully saturated rings. The molecule has 0 amide bonds. The summed E-state index contributed by atoms with van der Waals surface area (Å²) < 4.78 is 29.1. The van der Waals surface area contributed by atoms with E-state index in [0.29, 0.717) is 33.9 Å². The van der Waals surface area contributed by atoms with Gasteiger partial charge in [0.1, 0.15) is 0 Å². The zero-order chi connectivity index (χ0) is 29.0. The van der Waals surface area contributed by atoms with Crippen molar-refractivity contribution in [1.82, 2.24) is 9.88 Å². The highest BCUT2D eigenvalue weighted by Gasteiger charge is 2.22. The molecule has 0 radical (unpaired) electrons. The third kappa shape index (κ3) is 6.34. The van der Waals surface area contributed by atoms with E-state index in [0.717, 1.165) is 24.3 Å². The van der Waals surface area contributed by atoms with E-state index in [1.54, 1.807) is 36.4 Å². The van der Waals surface area contributed by atoms with Gasteiger partial charge in [-0.25, -0.2) is 13.4 Å². The molecule has 0 bridgehead atoms. The van der Waals surface area contributed by atoms with Crippen LogP contribution in [0.5, 0.6) is 5.88 Å². The monoisotopic (exact) mass is 566 g/mol. The van der Waals surface area contributed by atoms with Crippen molar-refractivity contribution in [3.8, 4) is 5.88 Å². The molecule has 3 N–H and O–H groups in total. The van der Waals surface area contributed by atoms with Crippen LogP contribution in [0.4, 0.5) is 11.4 Å². The molecule has 1 heterocycles. The zero-order valence-electron chi connectivity index (χ0n) is 23.4. The minimum Gasteiger partial charge on any atom is -0.494 e. The number of aliphatic imine (C=N–C) groups is 1. The molecule has 0 spiro atoms.